The number of carbonyl (C=O) groups excluding carboxylic acids is 1. The van der Waals surface area contributed by atoms with Crippen LogP contribution in [0.2, 0.25) is 0 Å². The predicted molar refractivity (Wildman–Crippen MR) is 72.2 cm³/mol. The van der Waals surface area contributed by atoms with Crippen molar-refractivity contribution in [3.05, 3.63) is 29.1 Å². The minimum absolute atomic E-state index is 0.126. The van der Waals surface area contributed by atoms with Gasteiger partial charge in [0.05, 0.1) is 17.8 Å². The molecule has 3 rings (SSSR count). The molecule has 1 N–H and O–H groups in total. The molecule has 3 heterocycles. The molecule has 0 aromatic carbocycles. The molecule has 0 bridgehead atoms. The molecule has 1 aliphatic rings. The first-order valence-electron chi connectivity index (χ1n) is 6.79. The van der Waals surface area contributed by atoms with Crippen molar-refractivity contribution < 1.29 is 4.79 Å². The minimum Gasteiger partial charge on any atom is -0.342 e. The first kappa shape index (κ1) is 12.8. The number of fused-ring (bicyclic) bond motifs is 1. The Bertz CT molecular complexity index is 656. The number of aromatic nitrogens is 5. The van der Waals surface area contributed by atoms with Crippen molar-refractivity contribution in [3.8, 4) is 0 Å². The molecule has 0 aliphatic carbocycles. The molecule has 2 aromatic rings. The van der Waals surface area contributed by atoms with Crippen LogP contribution in [0.4, 0.5) is 0 Å². The number of carbonyl (C=O) groups is 1. The Morgan fingerprint density at radius 2 is 2.25 bits per heavy atom. The lowest BCUT2D eigenvalue weighted by molar-refractivity contribution is 0.0937. The van der Waals surface area contributed by atoms with Gasteiger partial charge in [0, 0.05) is 25.7 Å². The zero-order valence-electron chi connectivity index (χ0n) is 11.9. The van der Waals surface area contributed by atoms with Crippen LogP contribution in [0.15, 0.2) is 6.20 Å². The van der Waals surface area contributed by atoms with Crippen LogP contribution in [-0.4, -0.2) is 30.5 Å². The van der Waals surface area contributed by atoms with Gasteiger partial charge in [-0.25, -0.2) is 0 Å². The van der Waals surface area contributed by atoms with Crippen molar-refractivity contribution in [2.45, 2.75) is 39.3 Å². The highest BCUT2D eigenvalue weighted by Gasteiger charge is 2.23. The Labute approximate surface area is 117 Å². The molecule has 1 atom stereocenters. The first-order chi connectivity index (χ1) is 9.58. The van der Waals surface area contributed by atoms with E-state index in [2.05, 4.69) is 25.2 Å². The molecule has 0 radical (unpaired) electrons. The van der Waals surface area contributed by atoms with Crippen molar-refractivity contribution in [1.82, 2.24) is 29.9 Å². The lowest BCUT2D eigenvalue weighted by atomic mass is 10.2. The van der Waals surface area contributed by atoms with Crippen molar-refractivity contribution >= 4 is 5.91 Å². The van der Waals surface area contributed by atoms with E-state index in [1.165, 1.54) is 0 Å². The molecule has 0 fully saturated rings. The van der Waals surface area contributed by atoms with Gasteiger partial charge < -0.3 is 9.88 Å². The van der Waals surface area contributed by atoms with Crippen LogP contribution in [0.1, 0.15) is 47.1 Å². The molecule has 0 spiro atoms. The van der Waals surface area contributed by atoms with Crippen molar-refractivity contribution in [1.29, 1.82) is 0 Å². The maximum atomic E-state index is 12.3. The normalized spacial score (nSPS) is 15.2. The fourth-order valence-corrected chi connectivity index (χ4v) is 2.55. The number of hydrogen-bond donors (Lipinski definition) is 1. The topological polar surface area (TPSA) is 77.6 Å². The Hall–Kier alpha value is -2.18. The van der Waals surface area contributed by atoms with E-state index in [0.29, 0.717) is 5.56 Å². The standard InChI is InChI=1S/C13H18N6O/c1-8(12-17-16-11-5-4-6-19(11)12)15-13(20)10-7-14-18(3)9(10)2/h7-8H,4-6H2,1-3H3,(H,15,20). The summed E-state index contributed by atoms with van der Waals surface area (Å²) in [6.45, 7) is 4.74. The van der Waals surface area contributed by atoms with Gasteiger partial charge in [-0.05, 0) is 20.3 Å². The van der Waals surface area contributed by atoms with Gasteiger partial charge in [0.1, 0.15) is 5.82 Å². The highest BCUT2D eigenvalue weighted by Crippen LogP contribution is 2.19. The quantitative estimate of drug-likeness (QED) is 0.896. The fourth-order valence-electron chi connectivity index (χ4n) is 2.55. The molecule has 0 saturated carbocycles. The van der Waals surface area contributed by atoms with Gasteiger partial charge in [-0.15, -0.1) is 10.2 Å². The number of rotatable bonds is 3. The van der Waals surface area contributed by atoms with Crippen molar-refractivity contribution in [3.63, 3.8) is 0 Å². The van der Waals surface area contributed by atoms with Crippen LogP contribution in [0, 0.1) is 6.92 Å². The van der Waals surface area contributed by atoms with Gasteiger partial charge in [-0.3, -0.25) is 9.48 Å². The predicted octanol–water partition coefficient (Wildman–Crippen LogP) is 0.757. The number of nitrogens with zero attached hydrogens (tertiary/aromatic N) is 5. The lowest BCUT2D eigenvalue weighted by Gasteiger charge is -2.13. The molecular formula is C13H18N6O. The minimum atomic E-state index is -0.165. The van der Waals surface area contributed by atoms with Gasteiger partial charge in [0.15, 0.2) is 5.82 Å². The average Bonchev–Trinajstić information content (AvgIpc) is 3.06. The van der Waals surface area contributed by atoms with E-state index >= 15 is 0 Å². The molecule has 0 saturated heterocycles. The van der Waals surface area contributed by atoms with Crippen molar-refractivity contribution in [2.24, 2.45) is 7.05 Å². The maximum absolute atomic E-state index is 12.3. The summed E-state index contributed by atoms with van der Waals surface area (Å²) >= 11 is 0. The van der Waals surface area contributed by atoms with Crippen molar-refractivity contribution in [2.75, 3.05) is 0 Å². The summed E-state index contributed by atoms with van der Waals surface area (Å²) < 4.78 is 3.79. The Morgan fingerprint density at radius 1 is 1.45 bits per heavy atom. The van der Waals surface area contributed by atoms with E-state index in [1.54, 1.807) is 10.9 Å². The molecule has 106 valence electrons. The van der Waals surface area contributed by atoms with Crippen LogP contribution >= 0.6 is 0 Å². The molecule has 20 heavy (non-hydrogen) atoms. The number of hydrogen-bond acceptors (Lipinski definition) is 4. The van der Waals surface area contributed by atoms with Gasteiger partial charge in [-0.1, -0.05) is 0 Å². The second-order valence-corrected chi connectivity index (χ2v) is 5.19. The third kappa shape index (κ3) is 1.99. The average molecular weight is 274 g/mol. The summed E-state index contributed by atoms with van der Waals surface area (Å²) in [5.41, 5.74) is 1.45. The Morgan fingerprint density at radius 3 is 2.95 bits per heavy atom. The van der Waals surface area contributed by atoms with E-state index in [4.69, 9.17) is 0 Å². The summed E-state index contributed by atoms with van der Waals surface area (Å²) in [6, 6.07) is -0.165. The van der Waals surface area contributed by atoms with E-state index in [9.17, 15) is 4.79 Å². The van der Waals surface area contributed by atoms with Gasteiger partial charge in [-0.2, -0.15) is 5.10 Å². The fraction of sp³-hybridized carbons (Fsp3) is 0.538. The monoisotopic (exact) mass is 274 g/mol. The summed E-state index contributed by atoms with van der Waals surface area (Å²) in [5.74, 6) is 1.71. The third-order valence-corrected chi connectivity index (χ3v) is 3.85. The summed E-state index contributed by atoms with van der Waals surface area (Å²) in [4.78, 5) is 12.3. The largest absolute Gasteiger partial charge is 0.342 e. The highest BCUT2D eigenvalue weighted by atomic mass is 16.1. The molecule has 1 aliphatic heterocycles. The Kier molecular flexibility index (Phi) is 3.04. The maximum Gasteiger partial charge on any atom is 0.255 e. The molecule has 2 aromatic heterocycles. The van der Waals surface area contributed by atoms with Crippen LogP contribution in [0.5, 0.6) is 0 Å². The lowest BCUT2D eigenvalue weighted by Crippen LogP contribution is -2.29. The zero-order valence-corrected chi connectivity index (χ0v) is 11.9. The number of amides is 1. The van der Waals surface area contributed by atoms with Crippen LogP contribution in [-0.2, 0) is 20.0 Å². The SMILES string of the molecule is Cc1c(C(=O)NC(C)c2nnc3n2CCC3)cnn1C. The van der Waals surface area contributed by atoms with E-state index in [0.717, 1.165) is 36.7 Å². The molecule has 7 heteroatoms. The zero-order chi connectivity index (χ0) is 14.3. The smallest absolute Gasteiger partial charge is 0.255 e. The molecule has 1 amide bonds. The van der Waals surface area contributed by atoms with E-state index in [-0.39, 0.29) is 11.9 Å². The molecule has 7 nitrogen and oxygen atoms in total. The second kappa shape index (κ2) is 4.73. The summed E-state index contributed by atoms with van der Waals surface area (Å²) in [5, 5.41) is 15.4. The molecular weight excluding hydrogens is 256 g/mol. The van der Waals surface area contributed by atoms with Gasteiger partial charge in [0.2, 0.25) is 0 Å². The van der Waals surface area contributed by atoms with Crippen LogP contribution in [0.25, 0.3) is 0 Å². The summed E-state index contributed by atoms with van der Waals surface area (Å²) in [7, 11) is 1.82. The number of aryl methyl sites for hydroxylation is 2. The Balaban J connectivity index is 1.77. The van der Waals surface area contributed by atoms with E-state index in [1.807, 2.05) is 20.9 Å². The van der Waals surface area contributed by atoms with Crippen LogP contribution < -0.4 is 5.32 Å². The number of nitrogens with one attached hydrogen (secondary N) is 1. The molecule has 1 unspecified atom stereocenters. The third-order valence-electron chi connectivity index (χ3n) is 3.85. The summed E-state index contributed by atoms with van der Waals surface area (Å²) in [6.07, 6.45) is 3.65. The first-order valence-corrected chi connectivity index (χ1v) is 6.79. The van der Waals surface area contributed by atoms with E-state index < -0.39 is 0 Å². The van der Waals surface area contributed by atoms with Crippen LogP contribution in [0.3, 0.4) is 0 Å². The van der Waals surface area contributed by atoms with Gasteiger partial charge in [0.25, 0.3) is 5.91 Å². The highest BCUT2D eigenvalue weighted by molar-refractivity contribution is 5.95. The second-order valence-electron chi connectivity index (χ2n) is 5.19. The van der Waals surface area contributed by atoms with Gasteiger partial charge >= 0.3 is 0 Å².